The van der Waals surface area contributed by atoms with Crippen LogP contribution in [0.4, 0.5) is 0 Å². The van der Waals surface area contributed by atoms with Gasteiger partial charge in [0.05, 0.1) is 5.02 Å². The zero-order valence-corrected chi connectivity index (χ0v) is 15.0. The second-order valence-electron chi connectivity index (χ2n) is 4.71. The number of likely N-dealkylation sites (N-methyl/N-ethyl adjacent to an activating group) is 1. The summed E-state index contributed by atoms with van der Waals surface area (Å²) < 4.78 is 27.6. The predicted octanol–water partition coefficient (Wildman–Crippen LogP) is 3.11. The van der Waals surface area contributed by atoms with Crippen molar-refractivity contribution in [2.24, 2.45) is 0 Å². The average Bonchev–Trinajstić information content (AvgIpc) is 2.36. The van der Waals surface area contributed by atoms with Crippen molar-refractivity contribution in [3.05, 3.63) is 27.7 Å². The minimum Gasteiger partial charge on any atom is -0.302 e. The van der Waals surface area contributed by atoms with Crippen LogP contribution in [0, 0.1) is 0 Å². The standard InChI is InChI=1S/C13H20BrClN2O2S/c1-4-10(2)17(3)8-7-16-20(18,19)13-6-5-11(14)9-12(13)15/h5-6,9-10,16H,4,7-8H2,1-3H3. The van der Waals surface area contributed by atoms with Crippen LogP contribution in [0.25, 0.3) is 0 Å². The van der Waals surface area contributed by atoms with Crippen LogP contribution in [-0.2, 0) is 10.0 Å². The Morgan fingerprint density at radius 2 is 2.10 bits per heavy atom. The predicted molar refractivity (Wildman–Crippen MR) is 86.7 cm³/mol. The molecule has 7 heteroatoms. The van der Waals surface area contributed by atoms with Gasteiger partial charge in [-0.15, -0.1) is 0 Å². The molecule has 0 bridgehead atoms. The fourth-order valence-electron chi connectivity index (χ4n) is 1.66. The zero-order valence-electron chi connectivity index (χ0n) is 11.9. The van der Waals surface area contributed by atoms with Crippen LogP contribution in [0.2, 0.25) is 5.02 Å². The summed E-state index contributed by atoms with van der Waals surface area (Å²) in [5.41, 5.74) is 0. The molecule has 0 saturated heterocycles. The summed E-state index contributed by atoms with van der Waals surface area (Å²) in [4.78, 5) is 2.22. The third kappa shape index (κ3) is 5.00. The Kier molecular flexibility index (Phi) is 6.94. The second kappa shape index (κ2) is 7.75. The second-order valence-corrected chi connectivity index (χ2v) is 7.77. The largest absolute Gasteiger partial charge is 0.302 e. The molecule has 0 radical (unpaired) electrons. The van der Waals surface area contributed by atoms with Crippen molar-refractivity contribution in [2.45, 2.75) is 31.2 Å². The summed E-state index contributed by atoms with van der Waals surface area (Å²) in [6, 6.07) is 5.15. The van der Waals surface area contributed by atoms with Gasteiger partial charge in [0.15, 0.2) is 0 Å². The van der Waals surface area contributed by atoms with E-state index in [1.807, 2.05) is 7.05 Å². The molecule has 0 fully saturated rings. The maximum Gasteiger partial charge on any atom is 0.242 e. The van der Waals surface area contributed by atoms with Gasteiger partial charge in [0, 0.05) is 23.6 Å². The van der Waals surface area contributed by atoms with Crippen LogP contribution >= 0.6 is 27.5 Å². The number of nitrogens with zero attached hydrogens (tertiary/aromatic N) is 1. The average molecular weight is 384 g/mol. The van der Waals surface area contributed by atoms with Gasteiger partial charge in [-0.05, 0) is 38.6 Å². The highest BCUT2D eigenvalue weighted by Crippen LogP contribution is 2.24. The van der Waals surface area contributed by atoms with Gasteiger partial charge in [0.25, 0.3) is 0 Å². The molecule has 1 N–H and O–H groups in total. The van der Waals surface area contributed by atoms with E-state index < -0.39 is 10.0 Å². The molecule has 0 aromatic heterocycles. The van der Waals surface area contributed by atoms with E-state index in [0.29, 0.717) is 19.1 Å². The molecule has 0 aliphatic carbocycles. The minimum atomic E-state index is -3.57. The highest BCUT2D eigenvalue weighted by atomic mass is 79.9. The molecule has 0 amide bonds. The first kappa shape index (κ1) is 17.9. The lowest BCUT2D eigenvalue weighted by molar-refractivity contribution is 0.256. The number of sulfonamides is 1. The lowest BCUT2D eigenvalue weighted by atomic mass is 10.2. The Hall–Kier alpha value is -0.140. The van der Waals surface area contributed by atoms with Crippen LogP contribution in [0.1, 0.15) is 20.3 Å². The van der Waals surface area contributed by atoms with Crippen molar-refractivity contribution in [3.63, 3.8) is 0 Å². The maximum absolute atomic E-state index is 12.2. The third-order valence-corrected chi connectivity index (χ3v) is 5.72. The van der Waals surface area contributed by atoms with E-state index in [-0.39, 0.29) is 9.92 Å². The number of rotatable bonds is 7. The van der Waals surface area contributed by atoms with E-state index in [0.717, 1.165) is 10.9 Å². The van der Waals surface area contributed by atoms with E-state index >= 15 is 0 Å². The number of halogens is 2. The van der Waals surface area contributed by atoms with Crippen LogP contribution in [0.3, 0.4) is 0 Å². The summed E-state index contributed by atoms with van der Waals surface area (Å²) in [7, 11) is -1.58. The van der Waals surface area contributed by atoms with E-state index in [1.165, 1.54) is 6.07 Å². The lowest BCUT2D eigenvalue weighted by Crippen LogP contribution is -2.37. The quantitative estimate of drug-likeness (QED) is 0.787. The van der Waals surface area contributed by atoms with Crippen molar-refractivity contribution in [1.29, 1.82) is 0 Å². The first-order valence-corrected chi connectivity index (χ1v) is 9.08. The molecule has 0 spiro atoms. The summed E-state index contributed by atoms with van der Waals surface area (Å²) >= 11 is 9.22. The van der Waals surface area contributed by atoms with Crippen molar-refractivity contribution in [2.75, 3.05) is 20.1 Å². The fourth-order valence-corrected chi connectivity index (χ4v) is 3.72. The van der Waals surface area contributed by atoms with Gasteiger partial charge in [-0.25, -0.2) is 13.1 Å². The van der Waals surface area contributed by atoms with Crippen LogP contribution in [-0.4, -0.2) is 39.5 Å². The SMILES string of the molecule is CCC(C)N(C)CCNS(=O)(=O)c1ccc(Br)cc1Cl. The van der Waals surface area contributed by atoms with Crippen molar-refractivity contribution in [1.82, 2.24) is 9.62 Å². The number of benzene rings is 1. The minimum absolute atomic E-state index is 0.105. The molecular weight excluding hydrogens is 364 g/mol. The molecule has 20 heavy (non-hydrogen) atoms. The van der Waals surface area contributed by atoms with Crippen molar-refractivity contribution < 1.29 is 8.42 Å². The van der Waals surface area contributed by atoms with Crippen molar-refractivity contribution in [3.8, 4) is 0 Å². The summed E-state index contributed by atoms with van der Waals surface area (Å²) in [5, 5.41) is 0.210. The Labute approximate surface area is 134 Å². The molecule has 0 aliphatic rings. The van der Waals surface area contributed by atoms with Crippen LogP contribution in [0.5, 0.6) is 0 Å². The maximum atomic E-state index is 12.2. The van der Waals surface area contributed by atoms with Crippen molar-refractivity contribution >= 4 is 37.6 Å². The first-order chi connectivity index (χ1) is 9.27. The van der Waals surface area contributed by atoms with E-state index in [9.17, 15) is 8.42 Å². The molecule has 1 rings (SSSR count). The normalized spacial score (nSPS) is 13.7. The molecule has 1 atom stereocenters. The Bertz CT molecular complexity index is 551. The Morgan fingerprint density at radius 1 is 1.45 bits per heavy atom. The molecule has 1 unspecified atom stereocenters. The summed E-state index contributed by atoms with van der Waals surface area (Å²) in [6.45, 7) is 5.23. The highest BCUT2D eigenvalue weighted by Gasteiger charge is 2.18. The molecule has 0 aliphatic heterocycles. The molecule has 114 valence electrons. The van der Waals surface area contributed by atoms with Gasteiger partial charge >= 0.3 is 0 Å². The highest BCUT2D eigenvalue weighted by molar-refractivity contribution is 9.10. The number of hydrogen-bond donors (Lipinski definition) is 1. The molecule has 0 saturated carbocycles. The molecule has 4 nitrogen and oxygen atoms in total. The molecule has 1 aromatic carbocycles. The van der Waals surface area contributed by atoms with Gasteiger partial charge < -0.3 is 4.90 Å². The van der Waals surface area contributed by atoms with Gasteiger partial charge in [-0.3, -0.25) is 0 Å². The topological polar surface area (TPSA) is 49.4 Å². The summed E-state index contributed by atoms with van der Waals surface area (Å²) in [6.07, 6.45) is 1.03. The van der Waals surface area contributed by atoms with Gasteiger partial charge in [-0.1, -0.05) is 34.5 Å². The molecule has 0 heterocycles. The number of nitrogens with one attached hydrogen (secondary N) is 1. The van der Waals surface area contributed by atoms with Gasteiger partial charge in [0.2, 0.25) is 10.0 Å². The monoisotopic (exact) mass is 382 g/mol. The first-order valence-electron chi connectivity index (χ1n) is 6.43. The van der Waals surface area contributed by atoms with E-state index in [4.69, 9.17) is 11.6 Å². The van der Waals surface area contributed by atoms with E-state index in [2.05, 4.69) is 39.4 Å². The lowest BCUT2D eigenvalue weighted by Gasteiger charge is -2.23. The molecule has 1 aromatic rings. The molecular formula is C13H20BrClN2O2S. The summed E-state index contributed by atoms with van der Waals surface area (Å²) in [5.74, 6) is 0. The smallest absolute Gasteiger partial charge is 0.242 e. The number of hydrogen-bond acceptors (Lipinski definition) is 3. The Balaban J connectivity index is 2.67. The fraction of sp³-hybridized carbons (Fsp3) is 0.538. The van der Waals surface area contributed by atoms with Gasteiger partial charge in [-0.2, -0.15) is 0 Å². The van der Waals surface area contributed by atoms with Crippen LogP contribution < -0.4 is 4.72 Å². The Morgan fingerprint density at radius 3 is 2.65 bits per heavy atom. The zero-order chi connectivity index (χ0) is 15.3. The third-order valence-electron chi connectivity index (χ3n) is 3.28. The van der Waals surface area contributed by atoms with Crippen LogP contribution in [0.15, 0.2) is 27.6 Å². The van der Waals surface area contributed by atoms with E-state index in [1.54, 1.807) is 12.1 Å². The van der Waals surface area contributed by atoms with Gasteiger partial charge in [0.1, 0.15) is 4.90 Å².